The van der Waals surface area contributed by atoms with Crippen molar-refractivity contribution < 1.29 is 47.3 Å². The molecule has 0 saturated heterocycles. The monoisotopic (exact) mass is 880 g/mol. The zero-order chi connectivity index (χ0) is 46.2. The predicted molar refractivity (Wildman–Crippen MR) is 236 cm³/mol. The number of fused-ring (bicyclic) bond motifs is 2. The van der Waals surface area contributed by atoms with Gasteiger partial charge in [-0.2, -0.15) is 4.39 Å². The van der Waals surface area contributed by atoms with E-state index < -0.39 is 34.6 Å². The van der Waals surface area contributed by atoms with Gasteiger partial charge in [0.1, 0.15) is 5.60 Å². The largest absolute Gasteiger partial charge is 0.494 e. The number of aryl methyl sites for hydroxylation is 1. The fourth-order valence-electron chi connectivity index (χ4n) is 8.08. The van der Waals surface area contributed by atoms with E-state index in [1.807, 2.05) is 13.0 Å². The quantitative estimate of drug-likeness (QED) is 0.0364. The third-order valence-corrected chi connectivity index (χ3v) is 11.4. The summed E-state index contributed by atoms with van der Waals surface area (Å²) < 4.78 is 41.5. The number of hydrogen-bond donors (Lipinski definition) is 3. The van der Waals surface area contributed by atoms with Crippen molar-refractivity contribution in [1.29, 1.82) is 0 Å². The van der Waals surface area contributed by atoms with E-state index in [2.05, 4.69) is 20.6 Å². The summed E-state index contributed by atoms with van der Waals surface area (Å²) in [5.74, 6) is -4.62. The lowest BCUT2D eigenvalue weighted by Gasteiger charge is -2.30. The molecule has 6 rings (SSSR count). The van der Waals surface area contributed by atoms with Gasteiger partial charge in [0, 0.05) is 42.3 Å². The minimum Gasteiger partial charge on any atom is -0.494 e. The van der Waals surface area contributed by atoms with E-state index in [4.69, 9.17) is 9.47 Å². The summed E-state index contributed by atoms with van der Waals surface area (Å²) in [5.41, 5.74) is 1.18. The number of benzene rings is 3. The third kappa shape index (κ3) is 10.5. The van der Waals surface area contributed by atoms with Crippen molar-refractivity contribution in [2.24, 2.45) is 5.41 Å². The molecule has 1 aliphatic heterocycles. The number of nitrogens with one attached hydrogen (secondary N) is 2. The molecule has 3 aromatic carbocycles. The molecule has 3 amide bonds. The van der Waals surface area contributed by atoms with Crippen molar-refractivity contribution in [2.45, 2.75) is 97.5 Å². The molecule has 0 bridgehead atoms. The van der Waals surface area contributed by atoms with Gasteiger partial charge in [0.25, 0.3) is 17.7 Å². The van der Waals surface area contributed by atoms with E-state index >= 15 is 0 Å². The molecule has 0 spiro atoms. The van der Waals surface area contributed by atoms with Crippen molar-refractivity contribution in [3.63, 3.8) is 0 Å². The topological polar surface area (TPSA) is 182 Å². The molecule has 1 aliphatic rings. The molecule has 1 unspecified atom stereocenters. The number of rotatable bonds is 21. The molecule has 338 valence electrons. The molecule has 14 nitrogen and oxygen atoms in total. The maximum absolute atomic E-state index is 15.0. The van der Waals surface area contributed by atoms with Crippen LogP contribution in [0.1, 0.15) is 122 Å². The second-order valence-corrected chi connectivity index (χ2v) is 16.9. The zero-order valence-electron chi connectivity index (χ0n) is 36.8. The zero-order valence-corrected chi connectivity index (χ0v) is 36.8. The number of ether oxygens (including phenoxy) is 2. The molecular weight excluding hydrogens is 827 g/mol. The number of carboxylic acids is 1. The summed E-state index contributed by atoms with van der Waals surface area (Å²) >= 11 is 0. The van der Waals surface area contributed by atoms with Gasteiger partial charge in [-0.25, -0.2) is 14.4 Å². The van der Waals surface area contributed by atoms with Crippen LogP contribution in [-0.2, 0) is 20.7 Å². The molecule has 0 radical (unpaired) electrons. The van der Waals surface area contributed by atoms with Crippen molar-refractivity contribution in [2.75, 3.05) is 25.5 Å². The Morgan fingerprint density at radius 1 is 0.844 bits per heavy atom. The lowest BCUT2D eigenvalue weighted by molar-refractivity contribution is -0.166. The van der Waals surface area contributed by atoms with Crippen molar-refractivity contribution in [1.82, 2.24) is 24.6 Å². The van der Waals surface area contributed by atoms with Crippen LogP contribution in [0.3, 0.4) is 0 Å². The van der Waals surface area contributed by atoms with Gasteiger partial charge in [-0.1, -0.05) is 44.7 Å². The Labute approximate surface area is 370 Å². The first-order chi connectivity index (χ1) is 30.6. The van der Waals surface area contributed by atoms with Gasteiger partial charge in [-0.05, 0) is 101 Å². The maximum Gasteiger partial charge on any atom is 0.310 e. The van der Waals surface area contributed by atoms with Gasteiger partial charge in [0.15, 0.2) is 23.0 Å². The van der Waals surface area contributed by atoms with E-state index in [1.165, 1.54) is 36.5 Å². The van der Waals surface area contributed by atoms with Crippen LogP contribution in [-0.4, -0.2) is 79.8 Å². The molecule has 2 aromatic heterocycles. The van der Waals surface area contributed by atoms with Crippen LogP contribution in [0.15, 0.2) is 73.2 Å². The fourth-order valence-corrected chi connectivity index (χ4v) is 8.08. The number of imidazole rings is 1. The minimum absolute atomic E-state index is 0.00186. The maximum atomic E-state index is 15.0. The number of imide groups is 1. The van der Waals surface area contributed by atoms with Gasteiger partial charge in [0.2, 0.25) is 5.82 Å². The number of hydrogen-bond acceptors (Lipinski definition) is 10. The molecular formula is C48H54F2N6O8. The van der Waals surface area contributed by atoms with Gasteiger partial charge in [0.05, 0.1) is 42.0 Å². The highest BCUT2D eigenvalue weighted by Crippen LogP contribution is 2.37. The highest BCUT2D eigenvalue weighted by Gasteiger charge is 2.41. The summed E-state index contributed by atoms with van der Waals surface area (Å²) in [6.45, 7) is 7.68. The number of amides is 3. The van der Waals surface area contributed by atoms with Gasteiger partial charge in [-0.15, -0.1) is 0 Å². The lowest BCUT2D eigenvalue weighted by Crippen LogP contribution is -2.36. The molecule has 16 heteroatoms. The Hall–Kier alpha value is -6.71. The van der Waals surface area contributed by atoms with Crippen LogP contribution < -0.4 is 15.4 Å². The first-order valence-electron chi connectivity index (χ1n) is 21.5. The van der Waals surface area contributed by atoms with Crippen LogP contribution in [0.2, 0.25) is 0 Å². The third-order valence-electron chi connectivity index (χ3n) is 11.4. The molecule has 3 heterocycles. The lowest BCUT2D eigenvalue weighted by atomic mass is 9.75. The number of carbonyl (C=O) groups excluding carboxylic acids is 4. The number of anilines is 2. The number of aromatic nitrogens is 3. The molecule has 3 N–H and O–H groups in total. The highest BCUT2D eigenvalue weighted by atomic mass is 19.2. The predicted octanol–water partition coefficient (Wildman–Crippen LogP) is 8.94. The summed E-state index contributed by atoms with van der Waals surface area (Å²) in [7, 11) is 1.26. The Bertz CT molecular complexity index is 2520. The SMILES string of the molecule is CCc1cc(Nc2nccn3c(-c4ccc(OC)c(F)c4F)cnc23)ccc1C(=O)NCCCCCC(CCCCCN1C(=O)c2ccccc2C1=O)(CC(=O)OC(C)(C)C)C(=O)O. The Morgan fingerprint density at radius 3 is 2.17 bits per heavy atom. The van der Waals surface area contributed by atoms with E-state index in [1.54, 1.807) is 67.8 Å². The smallest absolute Gasteiger partial charge is 0.310 e. The molecule has 5 aromatic rings. The number of carboxylic acid groups (broad SMARTS) is 1. The second kappa shape index (κ2) is 20.2. The number of methoxy groups -OCH3 is 1. The average molecular weight is 881 g/mol. The molecule has 0 fully saturated rings. The Morgan fingerprint density at radius 2 is 1.53 bits per heavy atom. The van der Waals surface area contributed by atoms with Crippen molar-refractivity contribution in [3.05, 3.63) is 107 Å². The fraction of sp³-hybridized carbons (Fsp3) is 0.396. The highest BCUT2D eigenvalue weighted by molar-refractivity contribution is 6.21. The van der Waals surface area contributed by atoms with E-state index in [0.717, 1.165) is 5.56 Å². The summed E-state index contributed by atoms with van der Waals surface area (Å²) in [5, 5.41) is 16.7. The van der Waals surface area contributed by atoms with E-state index in [9.17, 15) is 37.9 Å². The van der Waals surface area contributed by atoms with Crippen LogP contribution in [0.5, 0.6) is 5.75 Å². The summed E-state index contributed by atoms with van der Waals surface area (Å²) in [6.07, 6.45) is 8.39. The van der Waals surface area contributed by atoms with Gasteiger partial charge in [-0.3, -0.25) is 33.3 Å². The number of nitrogens with zero attached hydrogens (tertiary/aromatic N) is 4. The van der Waals surface area contributed by atoms with Crippen molar-refractivity contribution >= 4 is 46.8 Å². The number of aliphatic carboxylic acids is 1. The van der Waals surface area contributed by atoms with Crippen molar-refractivity contribution in [3.8, 4) is 17.0 Å². The average Bonchev–Trinajstić information content (AvgIpc) is 3.80. The number of carbonyl (C=O) groups is 5. The standard InChI is InChI=1S/C48H54F2N6O8/c1-6-30-27-31(54-41-42-53-29-36(55(42)26-24-51-41)35-19-20-37(63-5)40(50)39(35)49)17-18-32(30)43(58)52-23-13-7-11-21-48(46(61)62,28-38(57)64-47(2,3)4)22-12-8-14-25-56-44(59)33-15-9-10-16-34(33)45(56)60/h9-10,15-20,24,26-27,29H,6-8,11-14,21-23,25,28H2,1-5H3,(H,51,54)(H,52,58)(H,61,62). The number of esters is 1. The number of halogens is 2. The first kappa shape index (κ1) is 46.8. The number of unbranched alkanes of at least 4 members (excludes halogenated alkanes) is 4. The van der Waals surface area contributed by atoms with Crippen LogP contribution in [0.25, 0.3) is 16.9 Å². The summed E-state index contributed by atoms with van der Waals surface area (Å²) in [6, 6.07) is 14.7. The van der Waals surface area contributed by atoms with Gasteiger partial charge < -0.3 is 25.2 Å². The van der Waals surface area contributed by atoms with Gasteiger partial charge >= 0.3 is 11.9 Å². The van der Waals surface area contributed by atoms with Crippen LogP contribution in [0, 0.1) is 17.0 Å². The Balaban J connectivity index is 1.02. The molecule has 64 heavy (non-hydrogen) atoms. The summed E-state index contributed by atoms with van der Waals surface area (Å²) in [4.78, 5) is 74.9. The molecule has 0 aliphatic carbocycles. The van der Waals surface area contributed by atoms with E-state index in [-0.39, 0.29) is 54.8 Å². The molecule has 1 atom stereocenters. The minimum atomic E-state index is -1.37. The van der Waals surface area contributed by atoms with E-state index in [0.29, 0.717) is 91.0 Å². The van der Waals surface area contributed by atoms with Crippen LogP contribution in [0.4, 0.5) is 20.3 Å². The second-order valence-electron chi connectivity index (χ2n) is 16.9. The normalized spacial score (nSPS) is 13.5. The Kier molecular flexibility index (Phi) is 14.8. The van der Waals surface area contributed by atoms with Crippen LogP contribution >= 0.6 is 0 Å². The first-order valence-corrected chi connectivity index (χ1v) is 21.5. The molecule has 0 saturated carbocycles.